The molecule has 0 saturated heterocycles. The van der Waals surface area contributed by atoms with Crippen molar-refractivity contribution in [3.63, 3.8) is 0 Å². The summed E-state index contributed by atoms with van der Waals surface area (Å²) in [5.41, 5.74) is 1.85. The van der Waals surface area contributed by atoms with Crippen LogP contribution in [0.3, 0.4) is 0 Å². The quantitative estimate of drug-likeness (QED) is 0.613. The molecule has 4 nitrogen and oxygen atoms in total. The second-order valence-electron chi connectivity index (χ2n) is 5.96. The van der Waals surface area contributed by atoms with Crippen LogP contribution in [0.1, 0.15) is 5.56 Å². The fourth-order valence-electron chi connectivity index (χ4n) is 2.66. The molecule has 0 spiro atoms. The summed E-state index contributed by atoms with van der Waals surface area (Å²) in [5, 5.41) is 5.30. The molecule has 1 aromatic heterocycles. The Hall–Kier alpha value is -2.02. The van der Waals surface area contributed by atoms with E-state index in [0.717, 1.165) is 17.0 Å². The summed E-state index contributed by atoms with van der Waals surface area (Å²) in [6.45, 7) is 1.11. The van der Waals surface area contributed by atoms with E-state index in [1.165, 1.54) is 12.1 Å². The van der Waals surface area contributed by atoms with E-state index in [1.54, 1.807) is 10.7 Å². The van der Waals surface area contributed by atoms with Crippen molar-refractivity contribution in [1.82, 2.24) is 19.2 Å². The number of nitrogens with zero attached hydrogens (tertiary/aromatic N) is 4. The molecule has 1 heterocycles. The van der Waals surface area contributed by atoms with Crippen molar-refractivity contribution in [2.75, 3.05) is 7.05 Å². The Morgan fingerprint density at radius 3 is 2.60 bits per heavy atom. The Bertz CT molecular complexity index is 933. The SMILES string of the molecule is CN(Cc1cccc(F)c1)Cn1nc(-c2ccc(Cl)cc2)n(C)c1=S. The number of benzene rings is 2. The van der Waals surface area contributed by atoms with Crippen molar-refractivity contribution in [1.29, 1.82) is 0 Å². The van der Waals surface area contributed by atoms with E-state index in [0.29, 0.717) is 23.0 Å². The van der Waals surface area contributed by atoms with Crippen molar-refractivity contribution in [3.8, 4) is 11.4 Å². The maximum Gasteiger partial charge on any atom is 0.199 e. The number of aromatic nitrogens is 3. The largest absolute Gasteiger partial charge is 0.303 e. The summed E-state index contributed by atoms with van der Waals surface area (Å²) in [7, 11) is 3.84. The minimum atomic E-state index is -0.231. The molecule has 0 saturated carbocycles. The highest BCUT2D eigenvalue weighted by Crippen LogP contribution is 2.20. The van der Waals surface area contributed by atoms with Crippen LogP contribution in [0.25, 0.3) is 11.4 Å². The van der Waals surface area contributed by atoms with Gasteiger partial charge in [0.1, 0.15) is 5.82 Å². The maximum atomic E-state index is 13.3. The number of halogens is 2. The normalized spacial score (nSPS) is 11.2. The van der Waals surface area contributed by atoms with Crippen LogP contribution in [0.2, 0.25) is 5.02 Å². The second kappa shape index (κ2) is 7.47. The molecule has 0 radical (unpaired) electrons. The molecule has 0 fully saturated rings. The van der Waals surface area contributed by atoms with Crippen LogP contribution in [-0.4, -0.2) is 26.3 Å². The zero-order valence-corrected chi connectivity index (χ0v) is 15.6. The molecule has 3 rings (SSSR count). The second-order valence-corrected chi connectivity index (χ2v) is 6.76. The molecule has 0 unspecified atom stereocenters. The van der Waals surface area contributed by atoms with Gasteiger partial charge in [-0.2, -0.15) is 5.10 Å². The van der Waals surface area contributed by atoms with Gasteiger partial charge < -0.3 is 4.57 Å². The molecular weight excluding hydrogens is 359 g/mol. The third kappa shape index (κ3) is 4.15. The molecule has 7 heteroatoms. The first-order valence-electron chi connectivity index (χ1n) is 7.77. The van der Waals surface area contributed by atoms with Gasteiger partial charge in [0.25, 0.3) is 0 Å². The molecule has 25 heavy (non-hydrogen) atoms. The van der Waals surface area contributed by atoms with Gasteiger partial charge in [-0.1, -0.05) is 23.7 Å². The Kier molecular flexibility index (Phi) is 5.32. The van der Waals surface area contributed by atoms with Gasteiger partial charge in [0.15, 0.2) is 10.6 Å². The standard InChI is InChI=1S/C18H18ClFN4S/c1-22(11-13-4-3-5-16(20)10-13)12-24-18(25)23(2)17(21-24)14-6-8-15(19)9-7-14/h3-10H,11-12H2,1-2H3. The van der Waals surface area contributed by atoms with Crippen LogP contribution in [0.15, 0.2) is 48.5 Å². The van der Waals surface area contributed by atoms with Gasteiger partial charge in [-0.15, -0.1) is 0 Å². The molecule has 0 aliphatic heterocycles. The smallest absolute Gasteiger partial charge is 0.199 e. The number of rotatable bonds is 5. The number of hydrogen-bond acceptors (Lipinski definition) is 3. The van der Waals surface area contributed by atoms with Crippen molar-refractivity contribution >= 4 is 23.8 Å². The predicted molar refractivity (Wildman–Crippen MR) is 100 cm³/mol. The zero-order valence-electron chi connectivity index (χ0n) is 14.0. The van der Waals surface area contributed by atoms with Crippen molar-refractivity contribution < 1.29 is 4.39 Å². The van der Waals surface area contributed by atoms with E-state index in [4.69, 9.17) is 23.8 Å². The molecule has 0 aliphatic carbocycles. The summed E-state index contributed by atoms with van der Waals surface area (Å²) in [6, 6.07) is 14.1. The van der Waals surface area contributed by atoms with Crippen molar-refractivity contribution in [2.45, 2.75) is 13.2 Å². The van der Waals surface area contributed by atoms with Crippen LogP contribution in [0.4, 0.5) is 4.39 Å². The summed E-state index contributed by atoms with van der Waals surface area (Å²) < 4.78 is 17.6. The zero-order chi connectivity index (χ0) is 18.0. The van der Waals surface area contributed by atoms with E-state index in [2.05, 4.69) is 5.10 Å². The lowest BCUT2D eigenvalue weighted by atomic mass is 10.2. The average Bonchev–Trinajstić information content (AvgIpc) is 2.84. The lowest BCUT2D eigenvalue weighted by Crippen LogP contribution is -2.22. The Labute approximate surface area is 156 Å². The fourth-order valence-corrected chi connectivity index (χ4v) is 2.97. The molecule has 0 N–H and O–H groups in total. The van der Waals surface area contributed by atoms with Crippen molar-refractivity contribution in [2.24, 2.45) is 7.05 Å². The van der Waals surface area contributed by atoms with Gasteiger partial charge in [0, 0.05) is 24.2 Å². The van der Waals surface area contributed by atoms with E-state index < -0.39 is 0 Å². The first-order valence-corrected chi connectivity index (χ1v) is 8.55. The van der Waals surface area contributed by atoms with E-state index >= 15 is 0 Å². The van der Waals surface area contributed by atoms with E-state index in [-0.39, 0.29) is 5.82 Å². The highest BCUT2D eigenvalue weighted by atomic mass is 35.5. The summed E-state index contributed by atoms with van der Waals surface area (Å²) in [5.74, 6) is 0.547. The van der Waals surface area contributed by atoms with E-state index in [9.17, 15) is 4.39 Å². The molecule has 0 atom stereocenters. The van der Waals surface area contributed by atoms with Gasteiger partial charge in [-0.25, -0.2) is 9.07 Å². The van der Waals surface area contributed by atoms with Crippen LogP contribution in [0, 0.1) is 10.6 Å². The van der Waals surface area contributed by atoms with Gasteiger partial charge in [-0.05, 0) is 61.2 Å². The Morgan fingerprint density at radius 2 is 1.92 bits per heavy atom. The highest BCUT2D eigenvalue weighted by Gasteiger charge is 2.11. The first-order chi connectivity index (χ1) is 11.9. The predicted octanol–water partition coefficient (Wildman–Crippen LogP) is 4.50. The van der Waals surface area contributed by atoms with Crippen molar-refractivity contribution in [3.05, 3.63) is 69.7 Å². The van der Waals surface area contributed by atoms with Crippen LogP contribution in [-0.2, 0) is 20.3 Å². The molecular formula is C18H18ClFN4S. The van der Waals surface area contributed by atoms with Gasteiger partial charge in [0.05, 0.1) is 6.67 Å². The molecule has 0 bridgehead atoms. The molecule has 0 aliphatic rings. The summed E-state index contributed by atoms with van der Waals surface area (Å²) in [4.78, 5) is 2.03. The minimum Gasteiger partial charge on any atom is -0.303 e. The third-order valence-electron chi connectivity index (χ3n) is 3.86. The molecule has 0 amide bonds. The first kappa shape index (κ1) is 17.8. The van der Waals surface area contributed by atoms with Crippen LogP contribution < -0.4 is 0 Å². The number of hydrogen-bond donors (Lipinski definition) is 0. The Morgan fingerprint density at radius 1 is 1.20 bits per heavy atom. The monoisotopic (exact) mass is 376 g/mol. The van der Waals surface area contributed by atoms with Gasteiger partial charge in [0.2, 0.25) is 0 Å². The maximum absolute atomic E-state index is 13.3. The van der Waals surface area contributed by atoms with Crippen LogP contribution in [0.5, 0.6) is 0 Å². The molecule has 3 aromatic rings. The average molecular weight is 377 g/mol. The van der Waals surface area contributed by atoms with Gasteiger partial charge in [-0.3, -0.25) is 4.90 Å². The molecule has 2 aromatic carbocycles. The third-order valence-corrected chi connectivity index (χ3v) is 4.60. The summed E-state index contributed by atoms with van der Waals surface area (Å²) in [6.07, 6.45) is 0. The lowest BCUT2D eigenvalue weighted by molar-refractivity contribution is 0.244. The van der Waals surface area contributed by atoms with Gasteiger partial charge >= 0.3 is 0 Å². The van der Waals surface area contributed by atoms with E-state index in [1.807, 2.05) is 53.9 Å². The molecule has 130 valence electrons. The Balaban J connectivity index is 1.80. The summed E-state index contributed by atoms with van der Waals surface area (Å²) >= 11 is 11.4. The fraction of sp³-hybridized carbons (Fsp3) is 0.222. The lowest BCUT2D eigenvalue weighted by Gasteiger charge is -2.16. The highest BCUT2D eigenvalue weighted by molar-refractivity contribution is 7.71. The van der Waals surface area contributed by atoms with Crippen LogP contribution >= 0.6 is 23.8 Å². The topological polar surface area (TPSA) is 26.0 Å². The minimum absolute atomic E-state index is 0.231.